The summed E-state index contributed by atoms with van der Waals surface area (Å²) in [6.07, 6.45) is 5.58. The van der Waals surface area contributed by atoms with Gasteiger partial charge in [0.05, 0.1) is 0 Å². The van der Waals surface area contributed by atoms with Gasteiger partial charge in [0.1, 0.15) is 0 Å². The molecule has 0 aromatic heterocycles. The molecule has 1 atom stereocenters. The molecule has 1 heteroatoms. The molecule has 0 aromatic carbocycles. The zero-order valence-corrected chi connectivity index (χ0v) is 4.65. The first kappa shape index (κ1) is 4.85. The maximum absolute atomic E-state index is 3.30. The molecule has 1 rings (SSSR count). The molecule has 1 nitrogen and oxygen atoms in total. The molecule has 0 spiro atoms. The molecule has 7 heavy (non-hydrogen) atoms. The largest absolute Gasteiger partial charge is 0.310 e. The summed E-state index contributed by atoms with van der Waals surface area (Å²) in [6.45, 7) is 3.25. The minimum absolute atomic E-state index is 0.699. The average molecular weight is 97.2 g/mol. The van der Waals surface area contributed by atoms with Crippen LogP contribution >= 0.6 is 0 Å². The van der Waals surface area contributed by atoms with E-state index in [4.69, 9.17) is 0 Å². The fraction of sp³-hybridized carbons (Fsp3) is 0.667. The van der Waals surface area contributed by atoms with Crippen molar-refractivity contribution in [2.24, 2.45) is 0 Å². The number of nitrogens with one attached hydrogen (secondary N) is 1. The summed E-state index contributed by atoms with van der Waals surface area (Å²) in [5.74, 6) is 0. The van der Waals surface area contributed by atoms with E-state index in [9.17, 15) is 0 Å². The smallest absolute Gasteiger partial charge is 0.0137 e. The Bertz CT molecular complexity index is 76.2. The third-order valence-electron chi connectivity index (χ3n) is 1.24. The predicted octanol–water partition coefficient (Wildman–Crippen LogP) is 0.924. The molecule has 1 heterocycles. The van der Waals surface area contributed by atoms with Crippen molar-refractivity contribution in [3.05, 3.63) is 12.2 Å². The van der Waals surface area contributed by atoms with E-state index in [0.29, 0.717) is 6.04 Å². The van der Waals surface area contributed by atoms with E-state index < -0.39 is 0 Å². The highest BCUT2D eigenvalue weighted by molar-refractivity contribution is 4.92. The molecule has 0 saturated heterocycles. The molecule has 0 aliphatic carbocycles. The summed E-state index contributed by atoms with van der Waals surface area (Å²) in [6, 6.07) is 0.699. The SMILES string of the molecule is C[C@@H]1CC=CCN1. The molecule has 0 amide bonds. The van der Waals surface area contributed by atoms with Gasteiger partial charge < -0.3 is 5.32 Å². The molecule has 0 fully saturated rings. The standard InChI is InChI=1S/C6H11N/c1-6-4-2-3-5-7-6/h2-3,6-7H,4-5H2,1H3/t6-/m1/s1. The number of hydrogen-bond acceptors (Lipinski definition) is 1. The van der Waals surface area contributed by atoms with Crippen LogP contribution in [0, 0.1) is 0 Å². The van der Waals surface area contributed by atoms with Crippen molar-refractivity contribution in [3.63, 3.8) is 0 Å². The second-order valence-corrected chi connectivity index (χ2v) is 2.02. The Morgan fingerprint density at radius 3 is 2.71 bits per heavy atom. The van der Waals surface area contributed by atoms with E-state index in [1.54, 1.807) is 0 Å². The Morgan fingerprint density at radius 1 is 1.57 bits per heavy atom. The van der Waals surface area contributed by atoms with Gasteiger partial charge in [-0.05, 0) is 13.3 Å². The maximum atomic E-state index is 3.30. The van der Waals surface area contributed by atoms with Crippen molar-refractivity contribution in [3.8, 4) is 0 Å². The lowest BCUT2D eigenvalue weighted by molar-refractivity contribution is 0.570. The Kier molecular flexibility index (Phi) is 1.47. The molecule has 1 aliphatic rings. The Morgan fingerprint density at radius 2 is 2.43 bits per heavy atom. The van der Waals surface area contributed by atoms with E-state index in [0.717, 1.165) is 6.54 Å². The summed E-state index contributed by atoms with van der Waals surface area (Å²) in [4.78, 5) is 0. The number of rotatable bonds is 0. The summed E-state index contributed by atoms with van der Waals surface area (Å²) < 4.78 is 0. The third-order valence-corrected chi connectivity index (χ3v) is 1.24. The van der Waals surface area contributed by atoms with Gasteiger partial charge in [-0.15, -0.1) is 0 Å². The lowest BCUT2D eigenvalue weighted by Gasteiger charge is -2.12. The molecule has 1 N–H and O–H groups in total. The van der Waals surface area contributed by atoms with Crippen molar-refractivity contribution in [2.75, 3.05) is 6.54 Å². The highest BCUT2D eigenvalue weighted by Crippen LogP contribution is 1.95. The molecule has 0 aromatic rings. The normalized spacial score (nSPS) is 30.7. The summed E-state index contributed by atoms with van der Waals surface area (Å²) >= 11 is 0. The van der Waals surface area contributed by atoms with Crippen molar-refractivity contribution < 1.29 is 0 Å². The van der Waals surface area contributed by atoms with Gasteiger partial charge in [0, 0.05) is 12.6 Å². The van der Waals surface area contributed by atoms with Crippen LogP contribution in [0.4, 0.5) is 0 Å². The summed E-state index contributed by atoms with van der Waals surface area (Å²) in [7, 11) is 0. The van der Waals surface area contributed by atoms with Gasteiger partial charge in [-0.1, -0.05) is 12.2 Å². The van der Waals surface area contributed by atoms with E-state index in [2.05, 4.69) is 24.4 Å². The van der Waals surface area contributed by atoms with Crippen molar-refractivity contribution in [1.82, 2.24) is 5.32 Å². The minimum atomic E-state index is 0.699. The lowest BCUT2D eigenvalue weighted by Crippen LogP contribution is -2.27. The molecule has 0 saturated carbocycles. The lowest BCUT2D eigenvalue weighted by atomic mass is 10.2. The van der Waals surface area contributed by atoms with Crippen LogP contribution in [-0.4, -0.2) is 12.6 Å². The highest BCUT2D eigenvalue weighted by atomic mass is 14.9. The van der Waals surface area contributed by atoms with Crippen molar-refractivity contribution >= 4 is 0 Å². The predicted molar refractivity (Wildman–Crippen MR) is 31.2 cm³/mol. The number of hydrogen-bond donors (Lipinski definition) is 1. The van der Waals surface area contributed by atoms with Gasteiger partial charge in [0.25, 0.3) is 0 Å². The molecular weight excluding hydrogens is 86.1 g/mol. The first-order valence-electron chi connectivity index (χ1n) is 2.78. The van der Waals surface area contributed by atoms with Gasteiger partial charge in [-0.2, -0.15) is 0 Å². The van der Waals surface area contributed by atoms with Gasteiger partial charge in [-0.25, -0.2) is 0 Å². The van der Waals surface area contributed by atoms with Crippen molar-refractivity contribution in [2.45, 2.75) is 19.4 Å². The Hall–Kier alpha value is -0.300. The van der Waals surface area contributed by atoms with Crippen LogP contribution in [0.5, 0.6) is 0 Å². The monoisotopic (exact) mass is 97.1 g/mol. The average Bonchev–Trinajstić information content (AvgIpc) is 1.69. The van der Waals surface area contributed by atoms with E-state index in [1.165, 1.54) is 6.42 Å². The van der Waals surface area contributed by atoms with Crippen molar-refractivity contribution in [1.29, 1.82) is 0 Å². The highest BCUT2D eigenvalue weighted by Gasteiger charge is 1.98. The quantitative estimate of drug-likeness (QED) is 0.443. The first-order valence-corrected chi connectivity index (χ1v) is 2.78. The van der Waals surface area contributed by atoms with Crippen LogP contribution in [0.25, 0.3) is 0 Å². The second-order valence-electron chi connectivity index (χ2n) is 2.02. The van der Waals surface area contributed by atoms with Crippen LogP contribution in [0.2, 0.25) is 0 Å². The van der Waals surface area contributed by atoms with Gasteiger partial charge in [-0.3, -0.25) is 0 Å². The van der Waals surface area contributed by atoms with Crippen LogP contribution in [-0.2, 0) is 0 Å². The minimum Gasteiger partial charge on any atom is -0.310 e. The first-order chi connectivity index (χ1) is 3.39. The van der Waals surface area contributed by atoms with Gasteiger partial charge in [0.2, 0.25) is 0 Å². The topological polar surface area (TPSA) is 12.0 Å². The van der Waals surface area contributed by atoms with E-state index >= 15 is 0 Å². The Labute approximate surface area is 44.4 Å². The zero-order valence-electron chi connectivity index (χ0n) is 4.65. The summed E-state index contributed by atoms with van der Waals surface area (Å²) in [5, 5.41) is 3.30. The summed E-state index contributed by atoms with van der Waals surface area (Å²) in [5.41, 5.74) is 0. The fourth-order valence-electron chi connectivity index (χ4n) is 0.736. The maximum Gasteiger partial charge on any atom is 0.0137 e. The van der Waals surface area contributed by atoms with E-state index in [1.807, 2.05) is 0 Å². The van der Waals surface area contributed by atoms with Crippen LogP contribution in [0.3, 0.4) is 0 Å². The third kappa shape index (κ3) is 1.32. The molecular formula is C6H11N. The fourth-order valence-corrected chi connectivity index (χ4v) is 0.736. The zero-order chi connectivity index (χ0) is 5.11. The second kappa shape index (κ2) is 2.12. The molecule has 0 bridgehead atoms. The Balaban J connectivity index is 2.32. The molecule has 0 unspecified atom stereocenters. The molecule has 0 radical (unpaired) electrons. The van der Waals surface area contributed by atoms with Gasteiger partial charge >= 0.3 is 0 Å². The molecule has 1 aliphatic heterocycles. The van der Waals surface area contributed by atoms with Crippen LogP contribution in [0.15, 0.2) is 12.2 Å². The van der Waals surface area contributed by atoms with Gasteiger partial charge in [0.15, 0.2) is 0 Å². The van der Waals surface area contributed by atoms with Crippen LogP contribution < -0.4 is 5.32 Å². The molecule has 40 valence electrons. The van der Waals surface area contributed by atoms with E-state index in [-0.39, 0.29) is 0 Å². The van der Waals surface area contributed by atoms with Crippen LogP contribution in [0.1, 0.15) is 13.3 Å².